The van der Waals surface area contributed by atoms with Crippen molar-refractivity contribution in [2.75, 3.05) is 6.54 Å². The molecule has 98 valence electrons. The molecule has 0 aromatic carbocycles. The molecule has 1 aromatic rings. The van der Waals surface area contributed by atoms with Crippen LogP contribution in [0, 0.1) is 11.8 Å². The van der Waals surface area contributed by atoms with Crippen LogP contribution in [0.25, 0.3) is 0 Å². The number of hydrogen-bond acceptors (Lipinski definition) is 2. The maximum absolute atomic E-state index is 4.41. The molecule has 0 aliphatic rings. The quantitative estimate of drug-likeness (QED) is 0.753. The van der Waals surface area contributed by atoms with Gasteiger partial charge in [0.15, 0.2) is 0 Å². The minimum absolute atomic E-state index is 0.699. The van der Waals surface area contributed by atoms with E-state index in [4.69, 9.17) is 0 Å². The van der Waals surface area contributed by atoms with Crippen molar-refractivity contribution in [2.45, 2.75) is 53.6 Å². The van der Waals surface area contributed by atoms with Crippen LogP contribution in [0.1, 0.15) is 46.2 Å². The molecule has 0 amide bonds. The van der Waals surface area contributed by atoms with Crippen LogP contribution < -0.4 is 5.32 Å². The number of rotatable bonds is 8. The third kappa shape index (κ3) is 5.35. The molecule has 1 heterocycles. The monoisotopic (exact) mass is 237 g/mol. The number of nitrogens with one attached hydrogen (secondary N) is 1. The van der Waals surface area contributed by atoms with E-state index in [2.05, 4.69) is 48.9 Å². The van der Waals surface area contributed by atoms with Gasteiger partial charge in [0.2, 0.25) is 0 Å². The molecule has 0 saturated heterocycles. The highest BCUT2D eigenvalue weighted by Gasteiger charge is 2.07. The van der Waals surface area contributed by atoms with Gasteiger partial charge in [-0.2, -0.15) is 5.10 Å². The van der Waals surface area contributed by atoms with Crippen molar-refractivity contribution in [3.8, 4) is 0 Å². The summed E-state index contributed by atoms with van der Waals surface area (Å²) in [6, 6.07) is 2.12. The molecule has 3 nitrogen and oxygen atoms in total. The van der Waals surface area contributed by atoms with E-state index in [9.17, 15) is 0 Å². The van der Waals surface area contributed by atoms with Crippen LogP contribution in [0.5, 0.6) is 0 Å². The van der Waals surface area contributed by atoms with Gasteiger partial charge in [0.05, 0.1) is 5.69 Å². The summed E-state index contributed by atoms with van der Waals surface area (Å²) in [6.07, 6.45) is 4.44. The standard InChI is InChI=1S/C14H27N3/c1-5-6-13(4)11-17-14(7-8-16-17)10-15-9-12(2)3/h7-8,12-13,15H,5-6,9-11H2,1-4H3. The molecule has 0 aliphatic heterocycles. The van der Waals surface area contributed by atoms with Gasteiger partial charge in [-0.3, -0.25) is 4.68 Å². The second-order valence-corrected chi connectivity index (χ2v) is 5.42. The van der Waals surface area contributed by atoms with E-state index >= 15 is 0 Å². The predicted molar refractivity (Wildman–Crippen MR) is 72.8 cm³/mol. The molecule has 1 N–H and O–H groups in total. The zero-order valence-electron chi connectivity index (χ0n) is 11.7. The van der Waals surface area contributed by atoms with E-state index in [0.29, 0.717) is 11.8 Å². The SMILES string of the molecule is CCCC(C)Cn1nccc1CNCC(C)C. The Labute approximate surface area is 106 Å². The van der Waals surface area contributed by atoms with Crippen LogP contribution in [0.15, 0.2) is 12.3 Å². The summed E-state index contributed by atoms with van der Waals surface area (Å²) >= 11 is 0. The van der Waals surface area contributed by atoms with E-state index in [1.807, 2.05) is 6.20 Å². The number of hydrogen-bond donors (Lipinski definition) is 1. The molecule has 17 heavy (non-hydrogen) atoms. The number of nitrogens with zero attached hydrogens (tertiary/aromatic N) is 2. The molecule has 0 spiro atoms. The molecular weight excluding hydrogens is 210 g/mol. The van der Waals surface area contributed by atoms with Gasteiger partial charge >= 0.3 is 0 Å². The van der Waals surface area contributed by atoms with Crippen LogP contribution in [-0.4, -0.2) is 16.3 Å². The topological polar surface area (TPSA) is 29.9 Å². The lowest BCUT2D eigenvalue weighted by Crippen LogP contribution is -2.22. The fraction of sp³-hybridized carbons (Fsp3) is 0.786. The first-order chi connectivity index (χ1) is 8.13. The molecule has 1 rings (SSSR count). The maximum Gasteiger partial charge on any atom is 0.0522 e. The summed E-state index contributed by atoms with van der Waals surface area (Å²) < 4.78 is 2.15. The zero-order valence-corrected chi connectivity index (χ0v) is 11.7. The molecule has 0 saturated carbocycles. The Morgan fingerprint density at radius 1 is 1.35 bits per heavy atom. The lowest BCUT2D eigenvalue weighted by atomic mass is 10.1. The van der Waals surface area contributed by atoms with Gasteiger partial charge in [0.25, 0.3) is 0 Å². The summed E-state index contributed by atoms with van der Waals surface area (Å²) in [7, 11) is 0. The van der Waals surface area contributed by atoms with Gasteiger partial charge in [-0.05, 0) is 30.9 Å². The summed E-state index contributed by atoms with van der Waals surface area (Å²) in [6.45, 7) is 12.0. The first kappa shape index (κ1) is 14.2. The van der Waals surface area contributed by atoms with Crippen LogP contribution in [0.4, 0.5) is 0 Å². The molecule has 3 heteroatoms. The third-order valence-corrected chi connectivity index (χ3v) is 2.93. The molecule has 0 aliphatic carbocycles. The smallest absolute Gasteiger partial charge is 0.0522 e. The van der Waals surface area contributed by atoms with E-state index in [0.717, 1.165) is 19.6 Å². The third-order valence-electron chi connectivity index (χ3n) is 2.93. The minimum atomic E-state index is 0.699. The average molecular weight is 237 g/mol. The molecule has 1 unspecified atom stereocenters. The Morgan fingerprint density at radius 2 is 2.12 bits per heavy atom. The lowest BCUT2D eigenvalue weighted by molar-refractivity contribution is 0.406. The molecule has 1 aromatic heterocycles. The van der Waals surface area contributed by atoms with Gasteiger partial charge in [0.1, 0.15) is 0 Å². The first-order valence-electron chi connectivity index (χ1n) is 6.84. The van der Waals surface area contributed by atoms with E-state index in [1.165, 1.54) is 18.5 Å². The fourth-order valence-electron chi connectivity index (χ4n) is 2.04. The summed E-state index contributed by atoms with van der Waals surface area (Å²) in [5.74, 6) is 1.41. The predicted octanol–water partition coefficient (Wildman–Crippen LogP) is 3.06. The largest absolute Gasteiger partial charge is 0.311 e. The van der Waals surface area contributed by atoms with Gasteiger partial charge in [-0.1, -0.05) is 34.1 Å². The van der Waals surface area contributed by atoms with Gasteiger partial charge < -0.3 is 5.32 Å². The van der Waals surface area contributed by atoms with Crippen molar-refractivity contribution < 1.29 is 0 Å². The van der Waals surface area contributed by atoms with Crippen molar-refractivity contribution in [1.29, 1.82) is 0 Å². The Bertz CT molecular complexity index is 304. The first-order valence-corrected chi connectivity index (χ1v) is 6.84. The highest BCUT2D eigenvalue weighted by molar-refractivity contribution is 5.00. The highest BCUT2D eigenvalue weighted by atomic mass is 15.3. The van der Waals surface area contributed by atoms with E-state index in [1.54, 1.807) is 0 Å². The van der Waals surface area contributed by atoms with Gasteiger partial charge in [-0.15, -0.1) is 0 Å². The minimum Gasteiger partial charge on any atom is -0.311 e. The summed E-state index contributed by atoms with van der Waals surface area (Å²) in [5.41, 5.74) is 1.30. The van der Waals surface area contributed by atoms with Crippen molar-refractivity contribution in [1.82, 2.24) is 15.1 Å². The summed E-state index contributed by atoms with van der Waals surface area (Å²) in [5, 5.41) is 7.88. The Hall–Kier alpha value is -0.830. The fourth-order valence-corrected chi connectivity index (χ4v) is 2.04. The van der Waals surface area contributed by atoms with Crippen LogP contribution >= 0.6 is 0 Å². The number of aromatic nitrogens is 2. The maximum atomic E-state index is 4.41. The van der Waals surface area contributed by atoms with Crippen molar-refractivity contribution >= 4 is 0 Å². The van der Waals surface area contributed by atoms with Crippen LogP contribution in [-0.2, 0) is 13.1 Å². The lowest BCUT2D eigenvalue weighted by Gasteiger charge is -2.14. The van der Waals surface area contributed by atoms with Gasteiger partial charge in [0, 0.05) is 19.3 Å². The molecule has 1 atom stereocenters. The molecule has 0 radical (unpaired) electrons. The van der Waals surface area contributed by atoms with Crippen molar-refractivity contribution in [3.63, 3.8) is 0 Å². The Morgan fingerprint density at radius 3 is 2.76 bits per heavy atom. The zero-order chi connectivity index (χ0) is 12.7. The molecule has 0 bridgehead atoms. The average Bonchev–Trinajstić information content (AvgIpc) is 2.65. The van der Waals surface area contributed by atoms with Crippen LogP contribution in [0.2, 0.25) is 0 Å². The van der Waals surface area contributed by atoms with Crippen LogP contribution in [0.3, 0.4) is 0 Å². The van der Waals surface area contributed by atoms with Crippen molar-refractivity contribution in [3.05, 3.63) is 18.0 Å². The van der Waals surface area contributed by atoms with E-state index < -0.39 is 0 Å². The Balaban J connectivity index is 2.42. The highest BCUT2D eigenvalue weighted by Crippen LogP contribution is 2.10. The van der Waals surface area contributed by atoms with Crippen molar-refractivity contribution in [2.24, 2.45) is 11.8 Å². The normalized spacial score (nSPS) is 13.2. The summed E-state index contributed by atoms with van der Waals surface area (Å²) in [4.78, 5) is 0. The Kier molecular flexibility index (Phi) is 6.27. The second-order valence-electron chi connectivity index (χ2n) is 5.42. The van der Waals surface area contributed by atoms with Gasteiger partial charge in [-0.25, -0.2) is 0 Å². The van der Waals surface area contributed by atoms with E-state index in [-0.39, 0.29) is 0 Å². The second kappa shape index (κ2) is 7.49. The molecule has 0 fully saturated rings. The molecular formula is C14H27N3.